The van der Waals surface area contributed by atoms with Gasteiger partial charge in [-0.1, -0.05) is 11.6 Å². The van der Waals surface area contributed by atoms with Gasteiger partial charge in [0.15, 0.2) is 0 Å². The lowest BCUT2D eigenvalue weighted by Crippen LogP contribution is -2.06. The summed E-state index contributed by atoms with van der Waals surface area (Å²) in [5.41, 5.74) is 1.30. The summed E-state index contributed by atoms with van der Waals surface area (Å²) >= 11 is 6.25. The second kappa shape index (κ2) is 6.71. The molecule has 0 amide bonds. The van der Waals surface area contributed by atoms with Gasteiger partial charge < -0.3 is 19.9 Å². The standard InChI is InChI=1S/C13H20ClNO3/c1-5-17-10-7-9(15-4)12(14)13(18-6-2)11(10)8(3)16/h7-8,15-16H,5-6H2,1-4H3. The monoisotopic (exact) mass is 273 g/mol. The summed E-state index contributed by atoms with van der Waals surface area (Å²) in [6.07, 6.45) is -0.712. The number of rotatable bonds is 6. The molecule has 0 aliphatic carbocycles. The lowest BCUT2D eigenvalue weighted by Gasteiger charge is -2.20. The Morgan fingerprint density at radius 3 is 2.39 bits per heavy atom. The summed E-state index contributed by atoms with van der Waals surface area (Å²) in [4.78, 5) is 0. The van der Waals surface area contributed by atoms with Crippen molar-refractivity contribution in [3.8, 4) is 11.5 Å². The van der Waals surface area contributed by atoms with E-state index >= 15 is 0 Å². The van der Waals surface area contributed by atoms with E-state index in [9.17, 15) is 5.11 Å². The summed E-state index contributed by atoms with van der Waals surface area (Å²) in [6, 6.07) is 1.77. The van der Waals surface area contributed by atoms with Crippen LogP contribution in [0.3, 0.4) is 0 Å². The average molecular weight is 274 g/mol. The summed E-state index contributed by atoms with van der Waals surface area (Å²) in [5.74, 6) is 1.06. The first-order valence-electron chi connectivity index (χ1n) is 6.04. The van der Waals surface area contributed by atoms with Gasteiger partial charge in [0.1, 0.15) is 16.5 Å². The SMILES string of the molecule is CCOc1cc(NC)c(Cl)c(OCC)c1C(C)O. The maximum atomic E-state index is 9.89. The van der Waals surface area contributed by atoms with Crippen LogP contribution in [0.1, 0.15) is 32.4 Å². The van der Waals surface area contributed by atoms with Crippen molar-refractivity contribution in [3.05, 3.63) is 16.7 Å². The van der Waals surface area contributed by atoms with Gasteiger partial charge in [-0.3, -0.25) is 0 Å². The van der Waals surface area contributed by atoms with Crippen LogP contribution in [0.25, 0.3) is 0 Å². The predicted molar refractivity (Wildman–Crippen MR) is 74.0 cm³/mol. The highest BCUT2D eigenvalue weighted by atomic mass is 35.5. The largest absolute Gasteiger partial charge is 0.493 e. The minimum absolute atomic E-state index is 0.457. The minimum atomic E-state index is -0.712. The lowest BCUT2D eigenvalue weighted by molar-refractivity contribution is 0.184. The third kappa shape index (κ3) is 3.00. The third-order valence-corrected chi connectivity index (χ3v) is 2.87. The molecule has 0 heterocycles. The van der Waals surface area contributed by atoms with Crippen molar-refractivity contribution in [1.82, 2.24) is 0 Å². The van der Waals surface area contributed by atoms with Gasteiger partial charge >= 0.3 is 0 Å². The number of hydrogen-bond acceptors (Lipinski definition) is 4. The van der Waals surface area contributed by atoms with Gasteiger partial charge in [-0.15, -0.1) is 0 Å². The van der Waals surface area contributed by atoms with Crippen molar-refractivity contribution < 1.29 is 14.6 Å². The first-order chi connectivity index (χ1) is 8.56. The Hall–Kier alpha value is -1.13. The minimum Gasteiger partial charge on any atom is -0.493 e. The number of halogens is 1. The van der Waals surface area contributed by atoms with Gasteiger partial charge in [-0.2, -0.15) is 0 Å². The molecule has 102 valence electrons. The number of hydrogen-bond donors (Lipinski definition) is 2. The normalized spacial score (nSPS) is 12.1. The van der Waals surface area contributed by atoms with Crippen molar-refractivity contribution in [3.63, 3.8) is 0 Å². The van der Waals surface area contributed by atoms with Gasteiger partial charge in [-0.05, 0) is 20.8 Å². The van der Waals surface area contributed by atoms with Crippen LogP contribution in [0.4, 0.5) is 5.69 Å². The Morgan fingerprint density at radius 1 is 1.33 bits per heavy atom. The van der Waals surface area contributed by atoms with E-state index in [1.54, 1.807) is 20.0 Å². The Bertz CT molecular complexity index is 408. The number of benzene rings is 1. The fourth-order valence-corrected chi connectivity index (χ4v) is 2.07. The molecule has 2 N–H and O–H groups in total. The van der Waals surface area contributed by atoms with Gasteiger partial charge in [0.25, 0.3) is 0 Å². The quantitative estimate of drug-likeness (QED) is 0.835. The van der Waals surface area contributed by atoms with Crippen molar-refractivity contribution >= 4 is 17.3 Å². The Balaban J connectivity index is 3.45. The molecule has 0 fully saturated rings. The van der Waals surface area contributed by atoms with Crippen LogP contribution in [-0.4, -0.2) is 25.4 Å². The number of aliphatic hydroxyl groups is 1. The van der Waals surface area contributed by atoms with Crippen molar-refractivity contribution in [1.29, 1.82) is 0 Å². The highest BCUT2D eigenvalue weighted by Crippen LogP contribution is 2.44. The zero-order chi connectivity index (χ0) is 13.7. The zero-order valence-corrected chi connectivity index (χ0v) is 12.0. The average Bonchev–Trinajstić information content (AvgIpc) is 2.33. The number of aliphatic hydroxyl groups excluding tert-OH is 1. The van der Waals surface area contributed by atoms with Crippen LogP contribution in [0.15, 0.2) is 6.07 Å². The van der Waals surface area contributed by atoms with Crippen molar-refractivity contribution in [2.24, 2.45) is 0 Å². The molecule has 4 nitrogen and oxygen atoms in total. The van der Waals surface area contributed by atoms with Crippen LogP contribution in [0, 0.1) is 0 Å². The molecule has 1 rings (SSSR count). The highest BCUT2D eigenvalue weighted by Gasteiger charge is 2.22. The fraction of sp³-hybridized carbons (Fsp3) is 0.538. The van der Waals surface area contributed by atoms with E-state index in [-0.39, 0.29) is 0 Å². The van der Waals surface area contributed by atoms with E-state index in [0.717, 1.165) is 0 Å². The van der Waals surface area contributed by atoms with Crippen molar-refractivity contribution in [2.45, 2.75) is 26.9 Å². The van der Waals surface area contributed by atoms with E-state index in [0.29, 0.717) is 41.0 Å². The molecule has 1 unspecified atom stereocenters. The molecule has 0 saturated heterocycles. The first kappa shape index (κ1) is 14.9. The van der Waals surface area contributed by atoms with Gasteiger partial charge in [-0.25, -0.2) is 0 Å². The second-order valence-corrected chi connectivity index (χ2v) is 4.15. The Kier molecular flexibility index (Phi) is 5.56. The molecule has 18 heavy (non-hydrogen) atoms. The van der Waals surface area contributed by atoms with Crippen LogP contribution in [0.2, 0.25) is 5.02 Å². The number of anilines is 1. The first-order valence-corrected chi connectivity index (χ1v) is 6.42. The molecule has 1 aromatic rings. The van der Waals surface area contributed by atoms with E-state index < -0.39 is 6.10 Å². The molecule has 0 aromatic heterocycles. The van der Waals surface area contributed by atoms with E-state index in [1.165, 1.54) is 0 Å². The van der Waals surface area contributed by atoms with Crippen LogP contribution >= 0.6 is 11.6 Å². The molecule has 5 heteroatoms. The summed E-state index contributed by atoms with van der Waals surface area (Å²) in [5, 5.41) is 13.3. The zero-order valence-electron chi connectivity index (χ0n) is 11.2. The molecule has 1 atom stereocenters. The Labute approximate surface area is 113 Å². The van der Waals surface area contributed by atoms with E-state index in [2.05, 4.69) is 5.32 Å². The molecule has 0 spiro atoms. The van der Waals surface area contributed by atoms with Crippen LogP contribution < -0.4 is 14.8 Å². The van der Waals surface area contributed by atoms with Crippen molar-refractivity contribution in [2.75, 3.05) is 25.6 Å². The highest BCUT2D eigenvalue weighted by molar-refractivity contribution is 6.35. The van der Waals surface area contributed by atoms with Gasteiger partial charge in [0, 0.05) is 13.1 Å². The molecular formula is C13H20ClNO3. The van der Waals surface area contributed by atoms with Gasteiger partial charge in [0.05, 0.1) is 30.6 Å². The predicted octanol–water partition coefficient (Wildman–Crippen LogP) is 3.23. The molecule has 0 radical (unpaired) electrons. The number of ether oxygens (including phenoxy) is 2. The van der Waals surface area contributed by atoms with Crippen LogP contribution in [-0.2, 0) is 0 Å². The maximum absolute atomic E-state index is 9.89. The fourth-order valence-electron chi connectivity index (χ4n) is 1.76. The summed E-state index contributed by atoms with van der Waals surface area (Å²) in [7, 11) is 1.77. The molecular weight excluding hydrogens is 254 g/mol. The smallest absolute Gasteiger partial charge is 0.149 e. The molecule has 0 saturated carbocycles. The van der Waals surface area contributed by atoms with Crippen LogP contribution in [0.5, 0.6) is 11.5 Å². The summed E-state index contributed by atoms with van der Waals surface area (Å²) < 4.78 is 11.1. The van der Waals surface area contributed by atoms with Gasteiger partial charge in [0.2, 0.25) is 0 Å². The topological polar surface area (TPSA) is 50.7 Å². The lowest BCUT2D eigenvalue weighted by atomic mass is 10.1. The maximum Gasteiger partial charge on any atom is 0.149 e. The Morgan fingerprint density at radius 2 is 1.94 bits per heavy atom. The van der Waals surface area contributed by atoms with E-state index in [1.807, 2.05) is 13.8 Å². The molecule has 0 bridgehead atoms. The molecule has 0 aliphatic rings. The second-order valence-electron chi connectivity index (χ2n) is 3.77. The third-order valence-electron chi connectivity index (χ3n) is 2.50. The number of nitrogens with one attached hydrogen (secondary N) is 1. The van der Waals surface area contributed by atoms with E-state index in [4.69, 9.17) is 21.1 Å². The molecule has 1 aromatic carbocycles. The summed E-state index contributed by atoms with van der Waals surface area (Å²) in [6.45, 7) is 6.40. The molecule has 0 aliphatic heterocycles.